The van der Waals surface area contributed by atoms with Crippen LogP contribution in [0.3, 0.4) is 0 Å². The maximum absolute atomic E-state index is 8.96. The van der Waals surface area contributed by atoms with E-state index in [1.54, 1.807) is 0 Å². The van der Waals surface area contributed by atoms with E-state index in [1.165, 1.54) is 0 Å². The predicted octanol–water partition coefficient (Wildman–Crippen LogP) is -1.78. The third-order valence-corrected chi connectivity index (χ3v) is 1.90. The van der Waals surface area contributed by atoms with Crippen LogP contribution < -0.4 is 0 Å². The molecule has 0 radical (unpaired) electrons. The molecule has 4 nitrogen and oxygen atoms in total. The minimum atomic E-state index is -1.19. The van der Waals surface area contributed by atoms with Crippen molar-refractivity contribution in [3.63, 3.8) is 0 Å². The maximum atomic E-state index is 8.96. The highest BCUT2D eigenvalue weighted by atomic mass is 16.4. The van der Waals surface area contributed by atoms with E-state index in [4.69, 9.17) is 20.4 Å². The van der Waals surface area contributed by atoms with Gasteiger partial charge in [-0.2, -0.15) is 0 Å². The second kappa shape index (κ2) is 2.84. The molecule has 1 rings (SSSR count). The number of hydrogen-bond donors (Lipinski definition) is 4. The lowest BCUT2D eigenvalue weighted by Gasteiger charge is -2.31. The summed E-state index contributed by atoms with van der Waals surface area (Å²) >= 11 is 0. The summed E-state index contributed by atoms with van der Waals surface area (Å²) in [6, 6.07) is 0. The first-order valence-corrected chi connectivity index (χ1v) is 3.35. The monoisotopic (exact) mass is 148 g/mol. The van der Waals surface area contributed by atoms with Crippen LogP contribution in [0, 0.1) is 0 Å². The Hall–Kier alpha value is -0.160. The van der Waals surface area contributed by atoms with Gasteiger partial charge in [-0.3, -0.25) is 0 Å². The molecule has 0 amide bonds. The summed E-state index contributed by atoms with van der Waals surface area (Å²) in [6.45, 7) is 0. The van der Waals surface area contributed by atoms with Gasteiger partial charge in [0.05, 0.1) is 12.2 Å². The normalized spacial score (nSPS) is 49.2. The molecule has 0 aromatic rings. The van der Waals surface area contributed by atoms with Crippen molar-refractivity contribution in [2.75, 3.05) is 0 Å². The summed E-state index contributed by atoms with van der Waals surface area (Å²) in [5.41, 5.74) is 0. The van der Waals surface area contributed by atoms with Crippen LogP contribution >= 0.6 is 0 Å². The molecule has 1 saturated carbocycles. The fraction of sp³-hybridized carbons (Fsp3) is 1.00. The van der Waals surface area contributed by atoms with E-state index in [9.17, 15) is 0 Å². The Bertz CT molecular complexity index is 102. The Labute approximate surface area is 58.7 Å². The summed E-state index contributed by atoms with van der Waals surface area (Å²) < 4.78 is 0. The largest absolute Gasteiger partial charge is 0.390 e. The Morgan fingerprint density at radius 2 is 1.00 bits per heavy atom. The van der Waals surface area contributed by atoms with Gasteiger partial charge < -0.3 is 20.4 Å². The SMILES string of the molecule is OC1CC[C@H](O)[C@@H](O)C1O. The van der Waals surface area contributed by atoms with Crippen molar-refractivity contribution >= 4 is 0 Å². The summed E-state index contributed by atoms with van der Waals surface area (Å²) in [6.07, 6.45) is -3.47. The van der Waals surface area contributed by atoms with Crippen LogP contribution in [0.4, 0.5) is 0 Å². The molecule has 1 aliphatic rings. The smallest absolute Gasteiger partial charge is 0.108 e. The van der Waals surface area contributed by atoms with E-state index >= 15 is 0 Å². The first-order chi connectivity index (χ1) is 4.63. The minimum absolute atomic E-state index is 0.347. The van der Waals surface area contributed by atoms with Gasteiger partial charge in [-0.1, -0.05) is 0 Å². The van der Waals surface area contributed by atoms with Crippen molar-refractivity contribution in [3.8, 4) is 0 Å². The van der Waals surface area contributed by atoms with Crippen molar-refractivity contribution in [1.82, 2.24) is 0 Å². The van der Waals surface area contributed by atoms with Gasteiger partial charge in [0.25, 0.3) is 0 Å². The van der Waals surface area contributed by atoms with Gasteiger partial charge in [0.2, 0.25) is 0 Å². The molecule has 4 N–H and O–H groups in total. The van der Waals surface area contributed by atoms with Crippen molar-refractivity contribution in [1.29, 1.82) is 0 Å². The highest BCUT2D eigenvalue weighted by Crippen LogP contribution is 2.19. The molecular formula is C6H12O4. The highest BCUT2D eigenvalue weighted by molar-refractivity contribution is 4.86. The van der Waals surface area contributed by atoms with E-state index < -0.39 is 24.4 Å². The average molecular weight is 148 g/mol. The van der Waals surface area contributed by atoms with Gasteiger partial charge in [0.1, 0.15) is 12.2 Å². The fourth-order valence-electron chi connectivity index (χ4n) is 1.14. The third kappa shape index (κ3) is 1.29. The first-order valence-electron chi connectivity index (χ1n) is 3.35. The molecule has 4 heteroatoms. The summed E-state index contributed by atoms with van der Waals surface area (Å²) in [5, 5.41) is 35.8. The van der Waals surface area contributed by atoms with E-state index in [1.807, 2.05) is 0 Å². The molecule has 2 unspecified atom stereocenters. The van der Waals surface area contributed by atoms with Crippen molar-refractivity contribution in [3.05, 3.63) is 0 Å². The predicted molar refractivity (Wildman–Crippen MR) is 33.3 cm³/mol. The lowest BCUT2D eigenvalue weighted by Crippen LogP contribution is -2.48. The zero-order valence-corrected chi connectivity index (χ0v) is 5.51. The second-order valence-electron chi connectivity index (χ2n) is 2.69. The molecule has 1 aliphatic carbocycles. The van der Waals surface area contributed by atoms with Crippen LogP contribution in [0.5, 0.6) is 0 Å². The molecular weight excluding hydrogens is 136 g/mol. The van der Waals surface area contributed by atoms with Crippen LogP contribution in [-0.2, 0) is 0 Å². The second-order valence-corrected chi connectivity index (χ2v) is 2.69. The average Bonchev–Trinajstić information content (AvgIpc) is 1.93. The molecule has 0 aliphatic heterocycles. The van der Waals surface area contributed by atoms with Crippen LogP contribution in [0.2, 0.25) is 0 Å². The standard InChI is InChI=1S/C6H12O4/c7-3-1-2-4(8)6(10)5(3)9/h3-10H,1-2H2/t3-,4?,5+,6?/m0/s1. The van der Waals surface area contributed by atoms with Crippen LogP contribution in [-0.4, -0.2) is 44.8 Å². The van der Waals surface area contributed by atoms with Gasteiger partial charge >= 0.3 is 0 Å². The van der Waals surface area contributed by atoms with Crippen LogP contribution in [0.25, 0.3) is 0 Å². The van der Waals surface area contributed by atoms with Gasteiger partial charge in [0.15, 0.2) is 0 Å². The molecule has 0 aromatic heterocycles. The Morgan fingerprint density at radius 1 is 0.700 bits per heavy atom. The summed E-state index contributed by atoms with van der Waals surface area (Å²) in [5.74, 6) is 0. The Morgan fingerprint density at radius 3 is 1.30 bits per heavy atom. The zero-order valence-electron chi connectivity index (χ0n) is 5.51. The molecule has 0 saturated heterocycles. The Balaban J connectivity index is 2.52. The van der Waals surface area contributed by atoms with Crippen molar-refractivity contribution in [2.24, 2.45) is 0 Å². The number of hydrogen-bond acceptors (Lipinski definition) is 4. The van der Waals surface area contributed by atoms with E-state index in [0.717, 1.165) is 0 Å². The molecule has 0 heterocycles. The third-order valence-electron chi connectivity index (χ3n) is 1.90. The van der Waals surface area contributed by atoms with Crippen LogP contribution in [0.1, 0.15) is 12.8 Å². The molecule has 4 atom stereocenters. The number of aliphatic hydroxyl groups excluding tert-OH is 4. The topological polar surface area (TPSA) is 80.9 Å². The molecule has 0 spiro atoms. The summed E-state index contributed by atoms with van der Waals surface area (Å²) in [7, 11) is 0. The number of rotatable bonds is 0. The molecule has 1 fully saturated rings. The quantitative estimate of drug-likeness (QED) is 0.327. The van der Waals surface area contributed by atoms with Gasteiger partial charge in [-0.15, -0.1) is 0 Å². The van der Waals surface area contributed by atoms with Crippen molar-refractivity contribution in [2.45, 2.75) is 37.3 Å². The Kier molecular flexibility index (Phi) is 2.25. The first kappa shape index (κ1) is 7.94. The van der Waals surface area contributed by atoms with E-state index in [0.29, 0.717) is 12.8 Å². The van der Waals surface area contributed by atoms with E-state index in [-0.39, 0.29) is 0 Å². The van der Waals surface area contributed by atoms with Crippen LogP contribution in [0.15, 0.2) is 0 Å². The molecule has 0 aromatic carbocycles. The lowest BCUT2D eigenvalue weighted by atomic mass is 9.90. The fourth-order valence-corrected chi connectivity index (χ4v) is 1.14. The van der Waals surface area contributed by atoms with Gasteiger partial charge in [-0.25, -0.2) is 0 Å². The molecule has 0 bridgehead atoms. The summed E-state index contributed by atoms with van der Waals surface area (Å²) in [4.78, 5) is 0. The number of aliphatic hydroxyl groups is 4. The van der Waals surface area contributed by atoms with Crippen molar-refractivity contribution < 1.29 is 20.4 Å². The van der Waals surface area contributed by atoms with Gasteiger partial charge in [-0.05, 0) is 12.8 Å². The van der Waals surface area contributed by atoms with Gasteiger partial charge in [0, 0.05) is 0 Å². The van der Waals surface area contributed by atoms with E-state index in [2.05, 4.69) is 0 Å². The molecule has 10 heavy (non-hydrogen) atoms. The molecule has 60 valence electrons. The lowest BCUT2D eigenvalue weighted by molar-refractivity contribution is -0.135. The highest BCUT2D eigenvalue weighted by Gasteiger charge is 2.34. The minimum Gasteiger partial charge on any atom is -0.390 e. The maximum Gasteiger partial charge on any atom is 0.108 e. The zero-order chi connectivity index (χ0) is 7.72.